The van der Waals surface area contributed by atoms with Gasteiger partial charge in [0, 0.05) is 24.8 Å². The smallest absolute Gasteiger partial charge is 0.222 e. The van der Waals surface area contributed by atoms with Crippen LogP contribution in [0.25, 0.3) is 0 Å². The molecule has 90 valence electrons. The lowest BCUT2D eigenvalue weighted by atomic mass is 10.0. The highest BCUT2D eigenvalue weighted by molar-refractivity contribution is 9.10. The minimum absolute atomic E-state index is 0.606. The van der Waals surface area contributed by atoms with Crippen molar-refractivity contribution < 1.29 is 0 Å². The number of nitrogens with one attached hydrogen (secondary N) is 1. The van der Waals surface area contributed by atoms with Gasteiger partial charge in [-0.3, -0.25) is 0 Å². The molecule has 1 rings (SSSR count). The van der Waals surface area contributed by atoms with Crippen LogP contribution < -0.4 is 5.32 Å². The Balaban J connectivity index is 2.38. The van der Waals surface area contributed by atoms with Gasteiger partial charge in [0.15, 0.2) is 0 Å². The minimum Gasteiger partial charge on any atom is -0.354 e. The zero-order valence-electron chi connectivity index (χ0n) is 9.42. The Labute approximate surface area is 110 Å². The molecule has 0 aliphatic heterocycles. The number of alkyl halides is 1. The highest BCUT2D eigenvalue weighted by Gasteiger charge is 2.07. The zero-order chi connectivity index (χ0) is 11.8. The van der Waals surface area contributed by atoms with Crippen LogP contribution in [0.3, 0.4) is 0 Å². The van der Waals surface area contributed by atoms with Gasteiger partial charge in [0.25, 0.3) is 0 Å². The summed E-state index contributed by atoms with van der Waals surface area (Å²) >= 11 is 9.07. The number of anilines is 1. The molecular formula is C11H17BrClN3. The van der Waals surface area contributed by atoms with Crippen molar-refractivity contribution in [3.63, 3.8) is 0 Å². The standard InChI is InChI=1S/C11H17BrClN3/c1-2-3-9(4-5-13)6-14-11-15-7-10(12)8-16-11/h7-9H,2-6H2,1H3,(H,14,15,16). The summed E-state index contributed by atoms with van der Waals surface area (Å²) < 4.78 is 0.893. The lowest BCUT2D eigenvalue weighted by molar-refractivity contribution is 0.489. The van der Waals surface area contributed by atoms with Crippen LogP contribution in [-0.2, 0) is 0 Å². The average Bonchev–Trinajstić information content (AvgIpc) is 2.29. The molecule has 0 saturated carbocycles. The third-order valence-corrected chi connectivity index (χ3v) is 3.01. The first-order valence-electron chi connectivity index (χ1n) is 5.53. The van der Waals surface area contributed by atoms with E-state index in [-0.39, 0.29) is 0 Å². The number of rotatable bonds is 7. The molecule has 1 N–H and O–H groups in total. The maximum absolute atomic E-state index is 5.77. The first-order valence-corrected chi connectivity index (χ1v) is 6.86. The number of nitrogens with zero attached hydrogens (tertiary/aromatic N) is 2. The fourth-order valence-electron chi connectivity index (χ4n) is 1.55. The van der Waals surface area contributed by atoms with Gasteiger partial charge >= 0.3 is 0 Å². The second-order valence-electron chi connectivity index (χ2n) is 3.74. The molecule has 0 fully saturated rings. The molecule has 16 heavy (non-hydrogen) atoms. The van der Waals surface area contributed by atoms with Gasteiger partial charge in [-0.05, 0) is 34.7 Å². The highest BCUT2D eigenvalue weighted by Crippen LogP contribution is 2.13. The van der Waals surface area contributed by atoms with Crippen molar-refractivity contribution in [1.29, 1.82) is 0 Å². The molecule has 0 amide bonds. The van der Waals surface area contributed by atoms with Crippen LogP contribution in [0, 0.1) is 5.92 Å². The lowest BCUT2D eigenvalue weighted by Gasteiger charge is -2.15. The normalized spacial score (nSPS) is 12.4. The molecule has 0 aromatic carbocycles. The van der Waals surface area contributed by atoms with E-state index in [1.807, 2.05) is 0 Å². The van der Waals surface area contributed by atoms with Crippen LogP contribution >= 0.6 is 27.5 Å². The second kappa shape index (κ2) is 7.85. The Morgan fingerprint density at radius 1 is 1.38 bits per heavy atom. The highest BCUT2D eigenvalue weighted by atomic mass is 79.9. The van der Waals surface area contributed by atoms with Crippen LogP contribution in [0.15, 0.2) is 16.9 Å². The summed E-state index contributed by atoms with van der Waals surface area (Å²) in [4.78, 5) is 8.34. The first-order chi connectivity index (χ1) is 7.76. The van der Waals surface area contributed by atoms with Crippen molar-refractivity contribution in [2.24, 2.45) is 5.92 Å². The van der Waals surface area contributed by atoms with E-state index in [9.17, 15) is 0 Å². The van der Waals surface area contributed by atoms with Crippen molar-refractivity contribution in [3.8, 4) is 0 Å². The molecule has 5 heteroatoms. The SMILES string of the molecule is CCCC(CCCl)CNc1ncc(Br)cn1. The van der Waals surface area contributed by atoms with Crippen molar-refractivity contribution >= 4 is 33.5 Å². The summed E-state index contributed by atoms with van der Waals surface area (Å²) in [5.74, 6) is 2.00. The largest absolute Gasteiger partial charge is 0.354 e. The van der Waals surface area contributed by atoms with E-state index in [2.05, 4.69) is 38.1 Å². The predicted octanol–water partition coefficient (Wildman–Crippen LogP) is 3.70. The molecule has 0 spiro atoms. The van der Waals surface area contributed by atoms with Crippen molar-refractivity contribution in [2.45, 2.75) is 26.2 Å². The summed E-state index contributed by atoms with van der Waals surface area (Å²) in [6, 6.07) is 0. The van der Waals surface area contributed by atoms with E-state index in [1.165, 1.54) is 12.8 Å². The Morgan fingerprint density at radius 2 is 2.06 bits per heavy atom. The summed E-state index contributed by atoms with van der Waals surface area (Å²) in [6.45, 7) is 3.08. The van der Waals surface area contributed by atoms with E-state index < -0.39 is 0 Å². The number of hydrogen-bond acceptors (Lipinski definition) is 3. The predicted molar refractivity (Wildman–Crippen MR) is 72.0 cm³/mol. The molecule has 1 aromatic rings. The third-order valence-electron chi connectivity index (χ3n) is 2.38. The van der Waals surface area contributed by atoms with Gasteiger partial charge in [-0.25, -0.2) is 9.97 Å². The Hall–Kier alpha value is -0.350. The molecule has 0 bridgehead atoms. The maximum Gasteiger partial charge on any atom is 0.222 e. The van der Waals surface area contributed by atoms with Crippen LogP contribution in [0.2, 0.25) is 0 Å². The zero-order valence-corrected chi connectivity index (χ0v) is 11.8. The fraction of sp³-hybridized carbons (Fsp3) is 0.636. The third kappa shape index (κ3) is 5.12. The average molecular weight is 307 g/mol. The van der Waals surface area contributed by atoms with Crippen molar-refractivity contribution in [2.75, 3.05) is 17.7 Å². The van der Waals surface area contributed by atoms with Gasteiger partial charge in [0.1, 0.15) is 0 Å². The van der Waals surface area contributed by atoms with Gasteiger partial charge in [-0.2, -0.15) is 0 Å². The van der Waals surface area contributed by atoms with Crippen LogP contribution in [0.1, 0.15) is 26.2 Å². The van der Waals surface area contributed by atoms with E-state index in [4.69, 9.17) is 11.6 Å². The minimum atomic E-state index is 0.606. The lowest BCUT2D eigenvalue weighted by Crippen LogP contribution is -2.16. The Kier molecular flexibility index (Phi) is 6.73. The second-order valence-corrected chi connectivity index (χ2v) is 5.03. The van der Waals surface area contributed by atoms with Gasteiger partial charge in [0.2, 0.25) is 5.95 Å². The maximum atomic E-state index is 5.77. The number of halogens is 2. The van der Waals surface area contributed by atoms with E-state index in [0.29, 0.717) is 17.7 Å². The van der Waals surface area contributed by atoms with Crippen molar-refractivity contribution in [1.82, 2.24) is 9.97 Å². The fourth-order valence-corrected chi connectivity index (χ4v) is 2.06. The molecule has 1 aromatic heterocycles. The summed E-state index contributed by atoms with van der Waals surface area (Å²) in [6.07, 6.45) is 6.90. The Morgan fingerprint density at radius 3 is 2.62 bits per heavy atom. The van der Waals surface area contributed by atoms with Crippen molar-refractivity contribution in [3.05, 3.63) is 16.9 Å². The molecule has 0 saturated heterocycles. The molecule has 0 radical (unpaired) electrons. The molecule has 0 aliphatic rings. The van der Waals surface area contributed by atoms with E-state index in [1.54, 1.807) is 12.4 Å². The first kappa shape index (κ1) is 13.7. The molecule has 1 unspecified atom stereocenters. The molecule has 0 aliphatic carbocycles. The Bertz CT molecular complexity index is 286. The van der Waals surface area contributed by atoms with Crippen LogP contribution in [0.4, 0.5) is 5.95 Å². The quantitative estimate of drug-likeness (QED) is 0.781. The topological polar surface area (TPSA) is 37.8 Å². The molecule has 3 nitrogen and oxygen atoms in total. The van der Waals surface area contributed by atoms with Gasteiger partial charge in [-0.1, -0.05) is 13.3 Å². The number of hydrogen-bond donors (Lipinski definition) is 1. The van der Waals surface area contributed by atoms with Gasteiger partial charge < -0.3 is 5.32 Å². The van der Waals surface area contributed by atoms with Crippen LogP contribution in [-0.4, -0.2) is 22.4 Å². The summed E-state index contributed by atoms with van der Waals surface area (Å²) in [5, 5.41) is 3.24. The van der Waals surface area contributed by atoms with Gasteiger partial charge in [-0.15, -0.1) is 11.6 Å². The molecule has 1 heterocycles. The molecule has 1 atom stereocenters. The van der Waals surface area contributed by atoms with Crippen LogP contribution in [0.5, 0.6) is 0 Å². The summed E-state index contributed by atoms with van der Waals surface area (Å²) in [5.41, 5.74) is 0. The monoisotopic (exact) mass is 305 g/mol. The number of aromatic nitrogens is 2. The van der Waals surface area contributed by atoms with E-state index in [0.717, 1.165) is 17.4 Å². The van der Waals surface area contributed by atoms with Gasteiger partial charge in [0.05, 0.1) is 4.47 Å². The van der Waals surface area contributed by atoms with E-state index >= 15 is 0 Å². The summed E-state index contributed by atoms with van der Waals surface area (Å²) in [7, 11) is 0. The molecular weight excluding hydrogens is 289 g/mol.